The average Bonchev–Trinajstić information content (AvgIpc) is 2.64. The topological polar surface area (TPSA) is 110 Å². The van der Waals surface area contributed by atoms with Gasteiger partial charge in [0.05, 0.1) is 42.5 Å². The Labute approximate surface area is 160 Å². The second-order valence-electron chi connectivity index (χ2n) is 5.78. The number of esters is 1. The van der Waals surface area contributed by atoms with Crippen molar-refractivity contribution in [1.82, 2.24) is 9.97 Å². The molecule has 1 aromatic heterocycles. The Kier molecular flexibility index (Phi) is 7.56. The minimum Gasteiger partial charge on any atom is -0.465 e. The summed E-state index contributed by atoms with van der Waals surface area (Å²) >= 11 is 1.08. The number of ether oxygens (including phenoxy) is 2. The predicted octanol–water partition coefficient (Wildman–Crippen LogP) is 2.21. The van der Waals surface area contributed by atoms with Crippen molar-refractivity contribution in [3.63, 3.8) is 0 Å². The smallest absolute Gasteiger partial charge is 0.339 e. The van der Waals surface area contributed by atoms with E-state index in [1.807, 2.05) is 13.8 Å². The van der Waals surface area contributed by atoms with Crippen LogP contribution in [-0.4, -0.2) is 40.8 Å². The standard InChI is InChI=1S/C18H21N3O5S/c1-11(2)26-9-12-8-15(22)21-18(19-12)27-10-16(23)20-14-7-5-4-6-13(14)17(24)25-3/h4-8,11H,9-10H2,1-3H3,(H,20,23)(H,19,21,22). The van der Waals surface area contributed by atoms with Gasteiger partial charge < -0.3 is 19.8 Å². The molecule has 0 aliphatic carbocycles. The number of nitrogens with zero attached hydrogens (tertiary/aromatic N) is 1. The van der Waals surface area contributed by atoms with Gasteiger partial charge in [0.25, 0.3) is 5.56 Å². The summed E-state index contributed by atoms with van der Waals surface area (Å²) in [7, 11) is 1.27. The molecule has 0 saturated carbocycles. The molecule has 1 heterocycles. The molecule has 0 atom stereocenters. The SMILES string of the molecule is COC(=O)c1ccccc1NC(=O)CSc1nc(COC(C)C)cc(=O)[nH]1. The number of methoxy groups -OCH3 is 1. The molecular weight excluding hydrogens is 370 g/mol. The maximum atomic E-state index is 12.2. The number of anilines is 1. The van der Waals surface area contributed by atoms with Crippen molar-refractivity contribution >= 4 is 29.3 Å². The van der Waals surface area contributed by atoms with Crippen LogP contribution in [0.1, 0.15) is 29.9 Å². The first-order valence-electron chi connectivity index (χ1n) is 8.21. The molecule has 1 amide bonds. The molecule has 2 rings (SSSR count). The van der Waals surface area contributed by atoms with Crippen molar-refractivity contribution in [1.29, 1.82) is 0 Å². The van der Waals surface area contributed by atoms with Crippen molar-refractivity contribution in [2.45, 2.75) is 31.7 Å². The van der Waals surface area contributed by atoms with Crippen LogP contribution in [0.4, 0.5) is 5.69 Å². The lowest BCUT2D eigenvalue weighted by atomic mass is 10.2. The Morgan fingerprint density at radius 2 is 2.04 bits per heavy atom. The fourth-order valence-corrected chi connectivity index (χ4v) is 2.77. The number of para-hydroxylation sites is 1. The second kappa shape index (κ2) is 9.89. The first kappa shape index (κ1) is 20.7. The van der Waals surface area contributed by atoms with Crippen molar-refractivity contribution in [2.24, 2.45) is 0 Å². The number of aromatic amines is 1. The first-order chi connectivity index (χ1) is 12.9. The highest BCUT2D eigenvalue weighted by molar-refractivity contribution is 7.99. The van der Waals surface area contributed by atoms with Gasteiger partial charge in [0.15, 0.2) is 5.16 Å². The maximum Gasteiger partial charge on any atom is 0.339 e. The molecule has 144 valence electrons. The van der Waals surface area contributed by atoms with Gasteiger partial charge in [-0.1, -0.05) is 23.9 Å². The van der Waals surface area contributed by atoms with Crippen LogP contribution in [0.5, 0.6) is 0 Å². The largest absolute Gasteiger partial charge is 0.465 e. The van der Waals surface area contributed by atoms with Crippen molar-refractivity contribution < 1.29 is 19.1 Å². The second-order valence-corrected chi connectivity index (χ2v) is 6.74. The van der Waals surface area contributed by atoms with Gasteiger partial charge in [0.2, 0.25) is 5.91 Å². The normalized spacial score (nSPS) is 10.7. The number of hydrogen-bond donors (Lipinski definition) is 2. The van der Waals surface area contributed by atoms with Gasteiger partial charge in [-0.15, -0.1) is 0 Å². The van der Waals surface area contributed by atoms with Crippen LogP contribution in [-0.2, 0) is 20.9 Å². The summed E-state index contributed by atoms with van der Waals surface area (Å²) in [5.74, 6) is -0.877. The molecule has 8 nitrogen and oxygen atoms in total. The third-order valence-corrected chi connectivity index (χ3v) is 4.16. The van der Waals surface area contributed by atoms with Crippen LogP contribution in [0, 0.1) is 0 Å². The van der Waals surface area contributed by atoms with Crippen LogP contribution >= 0.6 is 11.8 Å². The summed E-state index contributed by atoms with van der Waals surface area (Å²) in [4.78, 5) is 42.5. The molecule has 0 aliphatic rings. The monoisotopic (exact) mass is 391 g/mol. The van der Waals surface area contributed by atoms with Gasteiger partial charge in [-0.3, -0.25) is 9.59 Å². The van der Waals surface area contributed by atoms with Gasteiger partial charge in [0, 0.05) is 6.07 Å². The number of hydrogen-bond acceptors (Lipinski definition) is 7. The Hall–Kier alpha value is -2.65. The highest BCUT2D eigenvalue weighted by Gasteiger charge is 2.14. The molecule has 2 N–H and O–H groups in total. The lowest BCUT2D eigenvalue weighted by Gasteiger charge is -2.10. The molecule has 27 heavy (non-hydrogen) atoms. The zero-order chi connectivity index (χ0) is 19.8. The molecule has 0 aliphatic heterocycles. The molecule has 0 spiro atoms. The third kappa shape index (κ3) is 6.54. The number of nitrogens with one attached hydrogen (secondary N) is 2. The van der Waals surface area contributed by atoms with Crippen LogP contribution in [0.25, 0.3) is 0 Å². The number of benzene rings is 1. The molecule has 2 aromatic rings. The van der Waals surface area contributed by atoms with E-state index in [9.17, 15) is 14.4 Å². The molecule has 0 radical (unpaired) electrons. The molecule has 0 fully saturated rings. The number of thioether (sulfide) groups is 1. The van der Waals surface area contributed by atoms with Crippen LogP contribution in [0.15, 0.2) is 40.3 Å². The van der Waals surface area contributed by atoms with Gasteiger partial charge in [0.1, 0.15) is 0 Å². The van der Waals surface area contributed by atoms with Gasteiger partial charge in [-0.05, 0) is 26.0 Å². The first-order valence-corrected chi connectivity index (χ1v) is 9.19. The van der Waals surface area contributed by atoms with E-state index >= 15 is 0 Å². The van der Waals surface area contributed by atoms with E-state index in [1.165, 1.54) is 13.2 Å². The van der Waals surface area contributed by atoms with E-state index in [4.69, 9.17) is 9.47 Å². The zero-order valence-electron chi connectivity index (χ0n) is 15.3. The molecule has 0 saturated heterocycles. The molecule has 9 heteroatoms. The summed E-state index contributed by atoms with van der Waals surface area (Å²) in [6, 6.07) is 7.91. The summed E-state index contributed by atoms with van der Waals surface area (Å²) < 4.78 is 10.1. The Balaban J connectivity index is 2.00. The number of carbonyl (C=O) groups excluding carboxylic acids is 2. The minimum atomic E-state index is -0.539. The van der Waals surface area contributed by atoms with Crippen LogP contribution < -0.4 is 10.9 Å². The van der Waals surface area contributed by atoms with Crippen molar-refractivity contribution in [2.75, 3.05) is 18.2 Å². The number of rotatable bonds is 8. The predicted molar refractivity (Wildman–Crippen MR) is 102 cm³/mol. The van der Waals surface area contributed by atoms with E-state index in [2.05, 4.69) is 15.3 Å². The fraction of sp³-hybridized carbons (Fsp3) is 0.333. The van der Waals surface area contributed by atoms with E-state index in [0.29, 0.717) is 16.5 Å². The summed E-state index contributed by atoms with van der Waals surface area (Å²) in [5, 5.41) is 2.98. The zero-order valence-corrected chi connectivity index (χ0v) is 16.1. The van der Waals surface area contributed by atoms with Gasteiger partial charge in [-0.25, -0.2) is 9.78 Å². The van der Waals surface area contributed by atoms with E-state index < -0.39 is 5.97 Å². The van der Waals surface area contributed by atoms with Crippen molar-refractivity contribution in [3.05, 3.63) is 51.9 Å². The Morgan fingerprint density at radius 1 is 1.30 bits per heavy atom. The Morgan fingerprint density at radius 3 is 2.74 bits per heavy atom. The minimum absolute atomic E-state index is 0.00688. The van der Waals surface area contributed by atoms with Gasteiger partial charge in [-0.2, -0.15) is 0 Å². The molecule has 0 bridgehead atoms. The quantitative estimate of drug-likeness (QED) is 0.403. The Bertz CT molecular complexity index is 866. The van der Waals surface area contributed by atoms with E-state index in [-0.39, 0.29) is 35.5 Å². The van der Waals surface area contributed by atoms with Crippen LogP contribution in [0.2, 0.25) is 0 Å². The van der Waals surface area contributed by atoms with E-state index in [0.717, 1.165) is 11.8 Å². The summed E-state index contributed by atoms with van der Waals surface area (Å²) in [5.41, 5.74) is 0.797. The summed E-state index contributed by atoms with van der Waals surface area (Å²) in [6.07, 6.45) is 0.0165. The number of aromatic nitrogens is 2. The maximum absolute atomic E-state index is 12.2. The lowest BCUT2D eigenvalue weighted by Crippen LogP contribution is -2.18. The number of amides is 1. The van der Waals surface area contributed by atoms with Gasteiger partial charge >= 0.3 is 5.97 Å². The molecular formula is C18H21N3O5S. The van der Waals surface area contributed by atoms with Crippen LogP contribution in [0.3, 0.4) is 0 Å². The highest BCUT2D eigenvalue weighted by Crippen LogP contribution is 2.18. The fourth-order valence-electron chi connectivity index (χ4n) is 2.08. The van der Waals surface area contributed by atoms with Crippen molar-refractivity contribution in [3.8, 4) is 0 Å². The molecule has 1 aromatic carbocycles. The number of H-pyrrole nitrogens is 1. The third-order valence-electron chi connectivity index (χ3n) is 3.28. The number of carbonyl (C=O) groups is 2. The molecule has 0 unspecified atom stereocenters. The summed E-state index contributed by atoms with van der Waals surface area (Å²) in [6.45, 7) is 3.99. The van der Waals surface area contributed by atoms with E-state index in [1.54, 1.807) is 24.3 Å². The lowest BCUT2D eigenvalue weighted by molar-refractivity contribution is -0.113. The average molecular weight is 391 g/mol. The highest BCUT2D eigenvalue weighted by atomic mass is 32.2.